The van der Waals surface area contributed by atoms with Crippen molar-refractivity contribution in [2.24, 2.45) is 0 Å². The van der Waals surface area contributed by atoms with Crippen LogP contribution in [-0.2, 0) is 6.42 Å². The molecule has 2 aromatic rings. The third kappa shape index (κ3) is 1.75. The molecule has 0 bridgehead atoms. The first-order valence-corrected chi connectivity index (χ1v) is 5.09. The van der Waals surface area contributed by atoms with Gasteiger partial charge in [0, 0.05) is 6.42 Å². The summed E-state index contributed by atoms with van der Waals surface area (Å²) in [5.41, 5.74) is 3.41. The van der Waals surface area contributed by atoms with Gasteiger partial charge in [0.15, 0.2) is 5.78 Å². The molecular formula is C10H9NO2S. The number of nitrogens with zero attached hydrogens (tertiary/aromatic N) is 1. The highest BCUT2D eigenvalue weighted by atomic mass is 32.1. The summed E-state index contributed by atoms with van der Waals surface area (Å²) in [6.07, 6.45) is 3.55. The van der Waals surface area contributed by atoms with Crippen LogP contribution in [0, 0.1) is 6.92 Å². The van der Waals surface area contributed by atoms with Crippen LogP contribution in [0.5, 0.6) is 0 Å². The van der Waals surface area contributed by atoms with E-state index < -0.39 is 0 Å². The Hall–Kier alpha value is -1.42. The highest BCUT2D eigenvalue weighted by molar-refractivity contribution is 7.11. The van der Waals surface area contributed by atoms with E-state index in [9.17, 15) is 4.79 Å². The van der Waals surface area contributed by atoms with Gasteiger partial charge >= 0.3 is 0 Å². The first-order chi connectivity index (χ1) is 6.77. The molecule has 72 valence electrons. The summed E-state index contributed by atoms with van der Waals surface area (Å²) in [5.74, 6) is 0.103. The minimum absolute atomic E-state index is 0.103. The molecule has 2 rings (SSSR count). The van der Waals surface area contributed by atoms with Crippen LogP contribution in [-0.4, -0.2) is 10.8 Å². The molecule has 14 heavy (non-hydrogen) atoms. The van der Waals surface area contributed by atoms with Crippen molar-refractivity contribution in [3.63, 3.8) is 0 Å². The van der Waals surface area contributed by atoms with Crippen molar-refractivity contribution in [1.29, 1.82) is 0 Å². The van der Waals surface area contributed by atoms with E-state index >= 15 is 0 Å². The second-order valence-electron chi connectivity index (χ2n) is 3.00. The number of Topliss-reactive ketones (excluding diaryl/α,β-unsaturated/α-hetero) is 1. The topological polar surface area (TPSA) is 43.1 Å². The molecule has 4 heteroatoms. The zero-order valence-corrected chi connectivity index (χ0v) is 8.50. The van der Waals surface area contributed by atoms with Crippen molar-refractivity contribution >= 4 is 17.1 Å². The summed E-state index contributed by atoms with van der Waals surface area (Å²) < 4.78 is 4.90. The lowest BCUT2D eigenvalue weighted by Gasteiger charge is -1.95. The summed E-state index contributed by atoms with van der Waals surface area (Å²) in [6, 6.07) is 1.80. The number of thiazole rings is 1. The molecule has 2 aromatic heterocycles. The number of furan rings is 1. The molecule has 0 radical (unpaired) electrons. The van der Waals surface area contributed by atoms with Crippen LogP contribution in [0.2, 0.25) is 0 Å². The Labute approximate surface area is 85.4 Å². The second kappa shape index (κ2) is 3.75. The molecule has 2 heterocycles. The van der Waals surface area contributed by atoms with E-state index in [1.54, 1.807) is 24.1 Å². The molecule has 0 unspecified atom stereocenters. The molecule has 0 saturated heterocycles. The molecule has 0 aliphatic rings. The molecule has 0 aliphatic carbocycles. The van der Waals surface area contributed by atoms with Gasteiger partial charge in [-0.15, -0.1) is 11.3 Å². The lowest BCUT2D eigenvalue weighted by molar-refractivity contribution is 0.0996. The second-order valence-corrected chi connectivity index (χ2v) is 3.85. The molecule has 0 amide bonds. The van der Waals surface area contributed by atoms with Crippen LogP contribution in [0.25, 0.3) is 0 Å². The number of aryl methyl sites for hydroxylation is 1. The summed E-state index contributed by atoms with van der Waals surface area (Å²) in [4.78, 5) is 16.5. The average molecular weight is 207 g/mol. The van der Waals surface area contributed by atoms with Crippen molar-refractivity contribution in [2.45, 2.75) is 13.3 Å². The fraction of sp³-hybridized carbons (Fsp3) is 0.200. The minimum atomic E-state index is 0.103. The van der Waals surface area contributed by atoms with Crippen molar-refractivity contribution in [3.05, 3.63) is 40.2 Å². The minimum Gasteiger partial charge on any atom is -0.472 e. The first-order valence-electron chi connectivity index (χ1n) is 4.21. The van der Waals surface area contributed by atoms with Gasteiger partial charge in [-0.05, 0) is 18.6 Å². The van der Waals surface area contributed by atoms with Crippen molar-refractivity contribution in [1.82, 2.24) is 4.98 Å². The predicted molar refractivity (Wildman–Crippen MR) is 53.6 cm³/mol. The molecule has 0 aliphatic heterocycles. The quantitative estimate of drug-likeness (QED) is 0.726. The van der Waals surface area contributed by atoms with Gasteiger partial charge in [-0.2, -0.15) is 0 Å². The SMILES string of the molecule is Cc1ncsc1C(=O)Cc1ccoc1. The van der Waals surface area contributed by atoms with E-state index in [4.69, 9.17) is 4.42 Å². The summed E-state index contributed by atoms with van der Waals surface area (Å²) in [6.45, 7) is 1.85. The number of ketones is 1. The van der Waals surface area contributed by atoms with Crippen molar-refractivity contribution in [2.75, 3.05) is 0 Å². The normalized spacial score (nSPS) is 10.4. The van der Waals surface area contributed by atoms with E-state index in [-0.39, 0.29) is 5.78 Å². The maximum Gasteiger partial charge on any atom is 0.179 e. The highest BCUT2D eigenvalue weighted by Crippen LogP contribution is 2.15. The zero-order chi connectivity index (χ0) is 9.97. The summed E-state index contributed by atoms with van der Waals surface area (Å²) >= 11 is 1.39. The van der Waals surface area contributed by atoms with Gasteiger partial charge in [0.1, 0.15) is 0 Å². The third-order valence-corrected chi connectivity index (χ3v) is 2.91. The Kier molecular flexibility index (Phi) is 2.45. The number of carbonyl (C=O) groups is 1. The molecule has 0 spiro atoms. The van der Waals surface area contributed by atoms with Crippen molar-refractivity contribution < 1.29 is 9.21 Å². The first kappa shape index (κ1) is 9.15. The van der Waals surface area contributed by atoms with Crippen LogP contribution < -0.4 is 0 Å². The number of hydrogen-bond donors (Lipinski definition) is 0. The number of hydrogen-bond acceptors (Lipinski definition) is 4. The summed E-state index contributed by atoms with van der Waals surface area (Å²) in [7, 11) is 0. The van der Waals surface area contributed by atoms with E-state index in [2.05, 4.69) is 4.98 Å². The van der Waals surface area contributed by atoms with Gasteiger partial charge in [-0.25, -0.2) is 4.98 Å². The molecule has 0 fully saturated rings. The molecule has 0 N–H and O–H groups in total. The fourth-order valence-corrected chi connectivity index (χ4v) is 1.97. The van der Waals surface area contributed by atoms with Gasteiger partial charge in [0.25, 0.3) is 0 Å². The van der Waals surface area contributed by atoms with E-state index in [0.717, 1.165) is 16.1 Å². The van der Waals surface area contributed by atoms with Crippen LogP contribution in [0.4, 0.5) is 0 Å². The molecule has 0 atom stereocenters. The van der Waals surface area contributed by atoms with Gasteiger partial charge in [0.2, 0.25) is 0 Å². The molecular weight excluding hydrogens is 198 g/mol. The van der Waals surface area contributed by atoms with Crippen LogP contribution in [0.1, 0.15) is 20.9 Å². The smallest absolute Gasteiger partial charge is 0.179 e. The Morgan fingerprint density at radius 2 is 2.50 bits per heavy atom. The highest BCUT2D eigenvalue weighted by Gasteiger charge is 2.12. The Morgan fingerprint density at radius 1 is 1.64 bits per heavy atom. The Bertz CT molecular complexity index is 431. The summed E-state index contributed by atoms with van der Waals surface area (Å²) in [5, 5.41) is 0. The number of carbonyl (C=O) groups excluding carboxylic acids is 1. The maximum absolute atomic E-state index is 11.7. The average Bonchev–Trinajstić information content (AvgIpc) is 2.75. The molecule has 0 saturated carbocycles. The van der Waals surface area contributed by atoms with Gasteiger partial charge in [0.05, 0.1) is 28.6 Å². The van der Waals surface area contributed by atoms with Gasteiger partial charge < -0.3 is 4.42 Å². The lowest BCUT2D eigenvalue weighted by Crippen LogP contribution is -2.02. The standard InChI is InChI=1S/C10H9NO2S/c1-7-10(14-6-11-7)9(12)4-8-2-3-13-5-8/h2-3,5-6H,4H2,1H3. The van der Waals surface area contributed by atoms with E-state index in [1.165, 1.54) is 11.3 Å². The maximum atomic E-state index is 11.7. The van der Waals surface area contributed by atoms with Gasteiger partial charge in [-0.3, -0.25) is 4.79 Å². The monoisotopic (exact) mass is 207 g/mol. The predicted octanol–water partition coefficient (Wildman–Crippen LogP) is 2.47. The lowest BCUT2D eigenvalue weighted by atomic mass is 10.1. The fourth-order valence-electron chi connectivity index (χ4n) is 1.23. The number of aromatic nitrogens is 1. The van der Waals surface area contributed by atoms with E-state index in [0.29, 0.717) is 6.42 Å². The molecule has 3 nitrogen and oxygen atoms in total. The third-order valence-electron chi connectivity index (χ3n) is 1.94. The number of rotatable bonds is 3. The largest absolute Gasteiger partial charge is 0.472 e. The zero-order valence-electron chi connectivity index (χ0n) is 7.69. The van der Waals surface area contributed by atoms with Crippen molar-refractivity contribution in [3.8, 4) is 0 Å². The Balaban J connectivity index is 2.14. The van der Waals surface area contributed by atoms with Gasteiger partial charge in [-0.1, -0.05) is 0 Å². The van der Waals surface area contributed by atoms with E-state index in [1.807, 2.05) is 6.92 Å². The molecule has 0 aromatic carbocycles. The Morgan fingerprint density at radius 3 is 3.07 bits per heavy atom. The van der Waals surface area contributed by atoms with Crippen LogP contribution in [0.15, 0.2) is 28.5 Å². The van der Waals surface area contributed by atoms with Crippen LogP contribution in [0.3, 0.4) is 0 Å². The van der Waals surface area contributed by atoms with Crippen LogP contribution >= 0.6 is 11.3 Å².